The van der Waals surface area contributed by atoms with Gasteiger partial charge in [0.05, 0.1) is 23.4 Å². The number of piperidine rings is 1. The number of nitrogens with zero attached hydrogens (tertiary/aromatic N) is 8. The Kier molecular flexibility index (Phi) is 6.46. The standard InChI is InChI=1S/C27H26N8O/c1-18-14-20(22-15-24-26(23(17-29)31-22)32-33-34(24)2)5-6-25(18)36-13-9-19-7-11-35(12-8-19)27-21(16-28)4-3-10-30-27/h3-6,10,14-15,19H,7-9,11-13H2,1-2H3. The average molecular weight is 479 g/mol. The smallest absolute Gasteiger partial charge is 0.170 e. The third-order valence-corrected chi connectivity index (χ3v) is 6.78. The second kappa shape index (κ2) is 10.0. The zero-order chi connectivity index (χ0) is 25.1. The molecule has 0 atom stereocenters. The highest BCUT2D eigenvalue weighted by atomic mass is 16.5. The number of aryl methyl sites for hydroxylation is 2. The van der Waals surface area contributed by atoms with Gasteiger partial charge in [0.25, 0.3) is 0 Å². The monoisotopic (exact) mass is 478 g/mol. The van der Waals surface area contributed by atoms with Crippen LogP contribution in [0.1, 0.15) is 36.1 Å². The molecule has 0 aliphatic carbocycles. The molecule has 180 valence electrons. The summed E-state index contributed by atoms with van der Waals surface area (Å²) in [5, 5.41) is 26.9. The molecule has 4 heterocycles. The van der Waals surface area contributed by atoms with Crippen LogP contribution in [0.3, 0.4) is 0 Å². The highest BCUT2D eigenvalue weighted by molar-refractivity contribution is 5.83. The van der Waals surface area contributed by atoms with E-state index in [1.165, 1.54) is 0 Å². The minimum absolute atomic E-state index is 0.270. The van der Waals surface area contributed by atoms with E-state index < -0.39 is 0 Å². The summed E-state index contributed by atoms with van der Waals surface area (Å²) in [6, 6.07) is 15.9. The Labute approximate surface area is 209 Å². The van der Waals surface area contributed by atoms with Gasteiger partial charge in [0, 0.05) is 31.9 Å². The molecule has 5 rings (SSSR count). The van der Waals surface area contributed by atoms with Crippen molar-refractivity contribution in [1.29, 1.82) is 10.5 Å². The van der Waals surface area contributed by atoms with E-state index in [0.717, 1.165) is 60.6 Å². The van der Waals surface area contributed by atoms with Crippen LogP contribution in [0.2, 0.25) is 0 Å². The van der Waals surface area contributed by atoms with E-state index in [9.17, 15) is 10.5 Å². The number of benzene rings is 1. The van der Waals surface area contributed by atoms with Gasteiger partial charge in [-0.25, -0.2) is 14.6 Å². The molecule has 0 radical (unpaired) electrons. The van der Waals surface area contributed by atoms with Gasteiger partial charge in [-0.15, -0.1) is 5.10 Å². The molecule has 1 aliphatic rings. The maximum atomic E-state index is 9.49. The lowest BCUT2D eigenvalue weighted by Crippen LogP contribution is -2.35. The van der Waals surface area contributed by atoms with Crippen molar-refractivity contribution in [3.8, 4) is 29.1 Å². The lowest BCUT2D eigenvalue weighted by atomic mass is 9.93. The first-order chi connectivity index (χ1) is 17.6. The Bertz CT molecular complexity index is 1490. The van der Waals surface area contributed by atoms with Gasteiger partial charge in [0.2, 0.25) is 0 Å². The fraction of sp³-hybridized carbons (Fsp3) is 0.333. The molecular weight excluding hydrogens is 452 g/mol. The molecule has 1 aromatic carbocycles. The minimum Gasteiger partial charge on any atom is -0.493 e. The van der Waals surface area contributed by atoms with Gasteiger partial charge in [0.1, 0.15) is 29.2 Å². The quantitative estimate of drug-likeness (QED) is 0.405. The van der Waals surface area contributed by atoms with Gasteiger partial charge in [-0.2, -0.15) is 10.5 Å². The van der Waals surface area contributed by atoms with Crippen molar-refractivity contribution in [2.75, 3.05) is 24.6 Å². The van der Waals surface area contributed by atoms with E-state index in [2.05, 4.69) is 37.3 Å². The fourth-order valence-corrected chi connectivity index (χ4v) is 4.73. The molecule has 1 aliphatic heterocycles. The molecule has 0 spiro atoms. The Hall–Kier alpha value is -4.50. The van der Waals surface area contributed by atoms with E-state index in [1.807, 2.05) is 37.3 Å². The topological polar surface area (TPSA) is 117 Å². The Morgan fingerprint density at radius 1 is 1.11 bits per heavy atom. The Balaban J connectivity index is 1.19. The first-order valence-electron chi connectivity index (χ1n) is 12.0. The molecule has 0 N–H and O–H groups in total. The van der Waals surface area contributed by atoms with E-state index >= 15 is 0 Å². The van der Waals surface area contributed by atoms with Crippen LogP contribution >= 0.6 is 0 Å². The lowest BCUT2D eigenvalue weighted by Gasteiger charge is -2.33. The summed E-state index contributed by atoms with van der Waals surface area (Å²) in [6.07, 6.45) is 4.85. The number of anilines is 1. The molecule has 1 saturated heterocycles. The molecule has 0 bridgehead atoms. The van der Waals surface area contributed by atoms with E-state index in [4.69, 9.17) is 4.74 Å². The van der Waals surface area contributed by atoms with Gasteiger partial charge < -0.3 is 9.64 Å². The summed E-state index contributed by atoms with van der Waals surface area (Å²) in [7, 11) is 1.80. The summed E-state index contributed by atoms with van der Waals surface area (Å²) < 4.78 is 7.78. The third-order valence-electron chi connectivity index (χ3n) is 6.78. The van der Waals surface area contributed by atoms with Crippen LogP contribution in [0.25, 0.3) is 22.3 Å². The predicted molar refractivity (Wildman–Crippen MR) is 135 cm³/mol. The number of hydrogen-bond donors (Lipinski definition) is 0. The molecule has 0 unspecified atom stereocenters. The summed E-state index contributed by atoms with van der Waals surface area (Å²) in [4.78, 5) is 11.1. The number of pyridine rings is 2. The van der Waals surface area contributed by atoms with E-state index in [0.29, 0.717) is 29.3 Å². The van der Waals surface area contributed by atoms with Crippen LogP contribution < -0.4 is 9.64 Å². The highest BCUT2D eigenvalue weighted by Crippen LogP contribution is 2.29. The van der Waals surface area contributed by atoms with Crippen molar-refractivity contribution < 1.29 is 4.74 Å². The van der Waals surface area contributed by atoms with Crippen LogP contribution in [0.15, 0.2) is 42.6 Å². The fourth-order valence-electron chi connectivity index (χ4n) is 4.73. The molecule has 9 heteroatoms. The van der Waals surface area contributed by atoms with Crippen molar-refractivity contribution in [2.45, 2.75) is 26.2 Å². The zero-order valence-electron chi connectivity index (χ0n) is 20.3. The first-order valence-corrected chi connectivity index (χ1v) is 12.0. The first kappa shape index (κ1) is 23.3. The summed E-state index contributed by atoms with van der Waals surface area (Å²) in [5.74, 6) is 2.23. The van der Waals surface area contributed by atoms with E-state index in [-0.39, 0.29) is 5.69 Å². The van der Waals surface area contributed by atoms with Gasteiger partial charge >= 0.3 is 0 Å². The predicted octanol–water partition coefficient (Wildman–Crippen LogP) is 4.16. The SMILES string of the molecule is Cc1cc(-c2cc3c(nnn3C)c(C#N)n2)ccc1OCCC1CCN(c2ncccc2C#N)CC1. The number of fused-ring (bicyclic) bond motifs is 1. The maximum absolute atomic E-state index is 9.49. The molecule has 9 nitrogen and oxygen atoms in total. The third kappa shape index (κ3) is 4.56. The number of aromatic nitrogens is 5. The minimum atomic E-state index is 0.270. The Morgan fingerprint density at radius 3 is 2.69 bits per heavy atom. The summed E-state index contributed by atoms with van der Waals surface area (Å²) in [6.45, 7) is 4.48. The van der Waals surface area contributed by atoms with Crippen molar-refractivity contribution in [2.24, 2.45) is 13.0 Å². The average Bonchev–Trinajstić information content (AvgIpc) is 3.30. The number of rotatable bonds is 6. The van der Waals surface area contributed by atoms with Crippen LogP contribution in [0.5, 0.6) is 5.75 Å². The number of nitriles is 2. The van der Waals surface area contributed by atoms with Crippen LogP contribution in [-0.4, -0.2) is 44.7 Å². The van der Waals surface area contributed by atoms with Crippen molar-refractivity contribution in [3.63, 3.8) is 0 Å². The summed E-state index contributed by atoms with van der Waals surface area (Å²) in [5.41, 5.74) is 4.83. The second-order valence-electron chi connectivity index (χ2n) is 9.08. The van der Waals surface area contributed by atoms with Gasteiger partial charge in [-0.1, -0.05) is 5.21 Å². The summed E-state index contributed by atoms with van der Waals surface area (Å²) >= 11 is 0. The molecule has 36 heavy (non-hydrogen) atoms. The molecule has 3 aromatic heterocycles. The molecular formula is C27H26N8O. The van der Waals surface area contributed by atoms with Gasteiger partial charge in [-0.3, -0.25) is 0 Å². The number of ether oxygens (including phenoxy) is 1. The van der Waals surface area contributed by atoms with Crippen LogP contribution in [0, 0.1) is 35.5 Å². The Morgan fingerprint density at radius 2 is 1.94 bits per heavy atom. The second-order valence-corrected chi connectivity index (χ2v) is 9.08. The zero-order valence-corrected chi connectivity index (χ0v) is 20.3. The molecule has 0 amide bonds. The lowest BCUT2D eigenvalue weighted by molar-refractivity contribution is 0.257. The number of hydrogen-bond acceptors (Lipinski definition) is 8. The molecule has 0 saturated carbocycles. The van der Waals surface area contributed by atoms with Crippen LogP contribution in [0.4, 0.5) is 5.82 Å². The van der Waals surface area contributed by atoms with Crippen LogP contribution in [-0.2, 0) is 7.05 Å². The normalized spacial score (nSPS) is 13.9. The van der Waals surface area contributed by atoms with Gasteiger partial charge in [-0.05, 0) is 74.1 Å². The molecule has 4 aromatic rings. The maximum Gasteiger partial charge on any atom is 0.170 e. The van der Waals surface area contributed by atoms with Gasteiger partial charge in [0.15, 0.2) is 5.69 Å². The largest absolute Gasteiger partial charge is 0.493 e. The highest BCUT2D eigenvalue weighted by Gasteiger charge is 2.22. The van der Waals surface area contributed by atoms with Crippen molar-refractivity contribution in [3.05, 3.63) is 59.4 Å². The molecule has 1 fully saturated rings. The van der Waals surface area contributed by atoms with Crippen molar-refractivity contribution >= 4 is 16.9 Å². The van der Waals surface area contributed by atoms with E-state index in [1.54, 1.807) is 24.0 Å². The van der Waals surface area contributed by atoms with Crippen molar-refractivity contribution in [1.82, 2.24) is 25.0 Å².